The minimum absolute atomic E-state index is 0.238. The van der Waals surface area contributed by atoms with Crippen molar-refractivity contribution in [2.75, 3.05) is 6.61 Å². The molecule has 0 saturated carbocycles. The smallest absolute Gasteiger partial charge is 0.340 e. The van der Waals surface area contributed by atoms with Crippen LogP contribution in [-0.4, -0.2) is 12.6 Å². The molecule has 1 atom stereocenters. The summed E-state index contributed by atoms with van der Waals surface area (Å²) in [6.07, 6.45) is 2.80. The van der Waals surface area contributed by atoms with Crippen molar-refractivity contribution in [1.82, 2.24) is 5.32 Å². The number of carbonyl (C=O) groups excluding carboxylic acids is 1. The van der Waals surface area contributed by atoms with Crippen LogP contribution in [0.25, 0.3) is 0 Å². The van der Waals surface area contributed by atoms with Gasteiger partial charge in [0.05, 0.1) is 16.8 Å². The molecule has 1 N–H and O–H groups in total. The van der Waals surface area contributed by atoms with Gasteiger partial charge < -0.3 is 10.1 Å². The van der Waals surface area contributed by atoms with Crippen LogP contribution in [0.5, 0.6) is 0 Å². The van der Waals surface area contributed by atoms with Gasteiger partial charge in [-0.3, -0.25) is 0 Å². The Morgan fingerprint density at radius 1 is 1.04 bits per heavy atom. The molecule has 1 unspecified atom stereocenters. The van der Waals surface area contributed by atoms with E-state index in [1.54, 1.807) is 0 Å². The summed E-state index contributed by atoms with van der Waals surface area (Å²) >= 11 is 0. The van der Waals surface area contributed by atoms with Gasteiger partial charge >= 0.3 is 5.97 Å². The lowest BCUT2D eigenvalue weighted by Gasteiger charge is -2.38. The van der Waals surface area contributed by atoms with Gasteiger partial charge in [0, 0.05) is 0 Å². The number of cyclic esters (lactones) is 1. The Kier molecular flexibility index (Phi) is 3.49. The molecule has 0 aliphatic carbocycles. The Morgan fingerprint density at radius 3 is 2.42 bits per heavy atom. The molecule has 2 aromatic rings. The first kappa shape index (κ1) is 14.8. The molecule has 3 nitrogen and oxygen atoms in total. The lowest BCUT2D eigenvalue weighted by molar-refractivity contribution is -0.135. The first-order valence-electron chi connectivity index (χ1n) is 8.16. The van der Waals surface area contributed by atoms with Crippen molar-refractivity contribution in [3.8, 4) is 0 Å². The van der Waals surface area contributed by atoms with E-state index in [0.29, 0.717) is 12.2 Å². The predicted octanol–water partition coefficient (Wildman–Crippen LogP) is 3.49. The Hall–Kier alpha value is -2.81. The highest BCUT2D eigenvalue weighted by atomic mass is 16.5. The first-order chi connectivity index (χ1) is 11.7. The summed E-state index contributed by atoms with van der Waals surface area (Å²) in [4.78, 5) is 12.0. The van der Waals surface area contributed by atoms with Gasteiger partial charge in [0.1, 0.15) is 6.61 Å². The normalized spacial score (nSPS) is 22.5. The van der Waals surface area contributed by atoms with Crippen LogP contribution in [0.3, 0.4) is 0 Å². The Morgan fingerprint density at radius 2 is 1.71 bits per heavy atom. The number of hydrogen-bond acceptors (Lipinski definition) is 3. The van der Waals surface area contributed by atoms with Crippen LogP contribution in [0.4, 0.5) is 0 Å². The highest BCUT2D eigenvalue weighted by Gasteiger charge is 2.39. The van der Waals surface area contributed by atoms with Gasteiger partial charge in [-0.15, -0.1) is 0 Å². The first-order valence-corrected chi connectivity index (χ1v) is 8.16. The molecular formula is C21H19NO2. The van der Waals surface area contributed by atoms with Crippen molar-refractivity contribution in [3.63, 3.8) is 0 Å². The van der Waals surface area contributed by atoms with Crippen LogP contribution in [0.15, 0.2) is 83.6 Å². The zero-order valence-electron chi connectivity index (χ0n) is 13.6. The third-order valence-electron chi connectivity index (χ3n) is 4.84. The fraction of sp³-hybridized carbons (Fsp3) is 0.190. The largest absolute Gasteiger partial charge is 0.456 e. The molecule has 120 valence electrons. The van der Waals surface area contributed by atoms with Crippen molar-refractivity contribution in [1.29, 1.82) is 0 Å². The van der Waals surface area contributed by atoms with E-state index in [-0.39, 0.29) is 11.5 Å². The summed E-state index contributed by atoms with van der Waals surface area (Å²) in [5.41, 5.74) is 4.75. The number of carbonyl (C=O) groups is 1. The zero-order chi connectivity index (χ0) is 16.6. The van der Waals surface area contributed by atoms with Crippen LogP contribution < -0.4 is 5.32 Å². The number of esters is 1. The number of rotatable bonds is 3. The summed E-state index contributed by atoms with van der Waals surface area (Å²) in [5, 5.41) is 3.57. The van der Waals surface area contributed by atoms with Crippen molar-refractivity contribution >= 4 is 5.97 Å². The van der Waals surface area contributed by atoms with E-state index < -0.39 is 0 Å². The van der Waals surface area contributed by atoms with Crippen LogP contribution in [-0.2, 0) is 21.5 Å². The van der Waals surface area contributed by atoms with Gasteiger partial charge in [-0.25, -0.2) is 4.79 Å². The molecule has 0 amide bonds. The Balaban J connectivity index is 1.80. The number of ether oxygens (including phenoxy) is 1. The highest BCUT2D eigenvalue weighted by molar-refractivity contribution is 5.95. The Bertz CT molecular complexity index is 837. The molecular weight excluding hydrogens is 298 g/mol. The minimum atomic E-state index is -0.357. The van der Waals surface area contributed by atoms with E-state index in [4.69, 9.17) is 4.74 Å². The molecule has 4 rings (SSSR count). The van der Waals surface area contributed by atoms with Crippen LogP contribution >= 0.6 is 0 Å². The average Bonchev–Trinajstić information content (AvgIpc) is 2.97. The SMILES string of the molecule is CC1(c2ccccc2)NC2=C(C=C1Cc1ccccc1)C(=O)OC2. The lowest BCUT2D eigenvalue weighted by Crippen LogP contribution is -2.44. The number of nitrogens with one attached hydrogen (secondary N) is 1. The molecule has 3 heteroatoms. The monoisotopic (exact) mass is 317 g/mol. The van der Waals surface area contributed by atoms with Crippen LogP contribution in [0.1, 0.15) is 18.1 Å². The highest BCUT2D eigenvalue weighted by Crippen LogP contribution is 2.38. The van der Waals surface area contributed by atoms with E-state index in [0.717, 1.165) is 17.7 Å². The molecule has 24 heavy (non-hydrogen) atoms. The molecule has 0 radical (unpaired) electrons. The summed E-state index contributed by atoms with van der Waals surface area (Å²) in [5.74, 6) is -0.238. The molecule has 2 aromatic carbocycles. The van der Waals surface area contributed by atoms with Crippen LogP contribution in [0, 0.1) is 0 Å². The van der Waals surface area contributed by atoms with Gasteiger partial charge in [-0.1, -0.05) is 60.7 Å². The van der Waals surface area contributed by atoms with E-state index in [1.165, 1.54) is 11.1 Å². The molecule has 0 aromatic heterocycles. The molecule has 0 fully saturated rings. The second-order valence-corrected chi connectivity index (χ2v) is 6.42. The predicted molar refractivity (Wildman–Crippen MR) is 93.1 cm³/mol. The standard InChI is InChI=1S/C21H19NO2/c1-21(16-10-6-3-7-11-16)17(12-15-8-4-2-5-9-15)13-18-19(22-21)14-24-20(18)23/h2-11,13,22H,12,14H2,1H3. The van der Waals surface area contributed by atoms with Gasteiger partial charge in [-0.05, 0) is 36.1 Å². The van der Waals surface area contributed by atoms with E-state index in [1.807, 2.05) is 42.5 Å². The third-order valence-corrected chi connectivity index (χ3v) is 4.84. The molecule has 2 aliphatic rings. The van der Waals surface area contributed by atoms with E-state index in [2.05, 4.69) is 36.5 Å². The fourth-order valence-electron chi connectivity index (χ4n) is 3.44. The van der Waals surface area contributed by atoms with E-state index in [9.17, 15) is 4.79 Å². The molecule has 2 heterocycles. The molecule has 0 bridgehead atoms. The lowest BCUT2D eigenvalue weighted by atomic mass is 9.78. The maximum Gasteiger partial charge on any atom is 0.340 e. The van der Waals surface area contributed by atoms with Gasteiger partial charge in [-0.2, -0.15) is 0 Å². The van der Waals surface area contributed by atoms with Gasteiger partial charge in [0.25, 0.3) is 0 Å². The van der Waals surface area contributed by atoms with Crippen molar-refractivity contribution in [3.05, 3.63) is 94.7 Å². The second kappa shape index (κ2) is 5.68. The molecule has 0 spiro atoms. The topological polar surface area (TPSA) is 38.3 Å². The number of hydrogen-bond donors (Lipinski definition) is 1. The number of benzene rings is 2. The second-order valence-electron chi connectivity index (χ2n) is 6.42. The van der Waals surface area contributed by atoms with Crippen molar-refractivity contribution < 1.29 is 9.53 Å². The number of dihydropyridines is 1. The van der Waals surface area contributed by atoms with Gasteiger partial charge in [0.15, 0.2) is 0 Å². The minimum Gasteiger partial charge on any atom is -0.456 e. The maximum atomic E-state index is 12.0. The maximum absolute atomic E-state index is 12.0. The average molecular weight is 317 g/mol. The van der Waals surface area contributed by atoms with Gasteiger partial charge in [0.2, 0.25) is 0 Å². The van der Waals surface area contributed by atoms with E-state index >= 15 is 0 Å². The summed E-state index contributed by atoms with van der Waals surface area (Å²) in [7, 11) is 0. The fourth-order valence-corrected chi connectivity index (χ4v) is 3.44. The summed E-state index contributed by atoms with van der Waals surface area (Å²) < 4.78 is 5.21. The van der Waals surface area contributed by atoms with Crippen molar-refractivity contribution in [2.45, 2.75) is 18.9 Å². The molecule has 2 aliphatic heterocycles. The zero-order valence-corrected chi connectivity index (χ0v) is 13.6. The molecule has 0 saturated heterocycles. The quantitative estimate of drug-likeness (QED) is 0.881. The van der Waals surface area contributed by atoms with Crippen LogP contribution in [0.2, 0.25) is 0 Å². The summed E-state index contributed by atoms with van der Waals surface area (Å²) in [6.45, 7) is 2.50. The Labute approximate surface area is 141 Å². The third kappa shape index (κ3) is 2.42. The van der Waals surface area contributed by atoms with Crippen molar-refractivity contribution in [2.24, 2.45) is 0 Å². The summed E-state index contributed by atoms with van der Waals surface area (Å²) in [6, 6.07) is 20.7.